The smallest absolute Gasteiger partial charge is 0.224 e. The lowest BCUT2D eigenvalue weighted by atomic mass is 9.64. The summed E-state index contributed by atoms with van der Waals surface area (Å²) in [5, 5.41) is 52.3. The number of aliphatic hydroxyl groups excluding tert-OH is 1. The zero-order valence-electron chi connectivity index (χ0n) is 15.5. The van der Waals surface area contributed by atoms with Crippen molar-refractivity contribution in [3.05, 3.63) is 0 Å². The van der Waals surface area contributed by atoms with Gasteiger partial charge in [0.15, 0.2) is 11.4 Å². The lowest BCUT2D eigenvalue weighted by molar-refractivity contribution is -0.498. The summed E-state index contributed by atoms with van der Waals surface area (Å²) in [7, 11) is 0. The number of rotatable bonds is 8. The molecule has 0 saturated carbocycles. The van der Waals surface area contributed by atoms with Crippen molar-refractivity contribution in [3.8, 4) is 0 Å². The zero-order valence-corrected chi connectivity index (χ0v) is 15.5. The molecule has 1 fully saturated rings. The molecular formula is C17H34O7. The standard InChI is InChI=1S/C17H34O7/c1-6-7-8-9-10-11-23-15(4)13(2,19)14(3,20)16(5,21)24-17(15,22)12-18/h18-22H,6-12H2,1-5H3/t13-,14?,15+,16+,17?/m1/s1. The molecule has 24 heavy (non-hydrogen) atoms. The highest BCUT2D eigenvalue weighted by molar-refractivity contribution is 5.20. The van der Waals surface area contributed by atoms with E-state index in [-0.39, 0.29) is 6.61 Å². The fraction of sp³-hybridized carbons (Fsp3) is 1.00. The summed E-state index contributed by atoms with van der Waals surface area (Å²) >= 11 is 0. The van der Waals surface area contributed by atoms with Gasteiger partial charge in [0.05, 0.1) is 0 Å². The van der Waals surface area contributed by atoms with E-state index < -0.39 is 35.0 Å². The van der Waals surface area contributed by atoms with Crippen LogP contribution in [-0.2, 0) is 9.47 Å². The van der Waals surface area contributed by atoms with Gasteiger partial charge in [-0.3, -0.25) is 0 Å². The molecule has 2 unspecified atom stereocenters. The van der Waals surface area contributed by atoms with Crippen LogP contribution in [0.2, 0.25) is 0 Å². The maximum atomic E-state index is 11.0. The molecule has 1 heterocycles. The minimum absolute atomic E-state index is 0.209. The summed E-state index contributed by atoms with van der Waals surface area (Å²) < 4.78 is 10.9. The molecule has 0 radical (unpaired) electrons. The number of aliphatic hydroxyl groups is 5. The normalized spacial score (nSPS) is 46.2. The van der Waals surface area contributed by atoms with Gasteiger partial charge in [0, 0.05) is 6.61 Å². The molecular weight excluding hydrogens is 316 g/mol. The lowest BCUT2D eigenvalue weighted by Gasteiger charge is -2.64. The van der Waals surface area contributed by atoms with E-state index in [2.05, 4.69) is 6.92 Å². The van der Waals surface area contributed by atoms with Crippen LogP contribution in [0, 0.1) is 0 Å². The van der Waals surface area contributed by atoms with Crippen molar-refractivity contribution >= 4 is 0 Å². The molecule has 0 amide bonds. The summed E-state index contributed by atoms with van der Waals surface area (Å²) in [6, 6.07) is 0. The number of unbranched alkanes of at least 4 members (excludes halogenated alkanes) is 4. The van der Waals surface area contributed by atoms with Crippen LogP contribution in [0.5, 0.6) is 0 Å². The van der Waals surface area contributed by atoms with E-state index in [1.54, 1.807) is 0 Å². The van der Waals surface area contributed by atoms with Crippen molar-refractivity contribution in [1.82, 2.24) is 0 Å². The maximum Gasteiger partial charge on any atom is 0.224 e. The quantitative estimate of drug-likeness (QED) is 0.408. The largest absolute Gasteiger partial charge is 0.391 e. The summed E-state index contributed by atoms with van der Waals surface area (Å²) in [5.74, 6) is -4.68. The number of hydrogen-bond acceptors (Lipinski definition) is 7. The highest BCUT2D eigenvalue weighted by Gasteiger charge is 2.76. The predicted molar refractivity (Wildman–Crippen MR) is 88.1 cm³/mol. The molecule has 5 N–H and O–H groups in total. The monoisotopic (exact) mass is 350 g/mol. The van der Waals surface area contributed by atoms with E-state index in [4.69, 9.17) is 9.47 Å². The van der Waals surface area contributed by atoms with Gasteiger partial charge in [0.1, 0.15) is 17.8 Å². The van der Waals surface area contributed by atoms with Crippen molar-refractivity contribution in [2.45, 2.75) is 95.1 Å². The molecule has 0 aromatic heterocycles. The fourth-order valence-electron chi connectivity index (χ4n) is 3.24. The second kappa shape index (κ2) is 7.15. The highest BCUT2D eigenvalue weighted by Crippen LogP contribution is 2.53. The minimum atomic E-state index is -2.38. The van der Waals surface area contributed by atoms with Gasteiger partial charge in [-0.1, -0.05) is 32.6 Å². The molecule has 144 valence electrons. The summed E-state index contributed by atoms with van der Waals surface area (Å²) in [6.07, 6.45) is 4.92. The first-order valence-corrected chi connectivity index (χ1v) is 8.67. The Labute approximate surface area is 144 Å². The van der Waals surface area contributed by atoms with Crippen LogP contribution in [0.25, 0.3) is 0 Å². The minimum Gasteiger partial charge on any atom is -0.391 e. The van der Waals surface area contributed by atoms with Gasteiger partial charge < -0.3 is 35.0 Å². The summed E-state index contributed by atoms with van der Waals surface area (Å²) in [5.41, 5.74) is -6.12. The van der Waals surface area contributed by atoms with E-state index in [0.29, 0.717) is 6.42 Å². The average molecular weight is 350 g/mol. The van der Waals surface area contributed by atoms with Crippen LogP contribution in [-0.4, -0.2) is 67.1 Å². The third-order valence-electron chi connectivity index (χ3n) is 5.75. The molecule has 0 spiro atoms. The Balaban J connectivity index is 3.02. The van der Waals surface area contributed by atoms with Crippen LogP contribution >= 0.6 is 0 Å². The van der Waals surface area contributed by atoms with Crippen molar-refractivity contribution < 1.29 is 35.0 Å². The second-order valence-corrected chi connectivity index (χ2v) is 7.47. The Morgan fingerprint density at radius 3 is 1.88 bits per heavy atom. The van der Waals surface area contributed by atoms with E-state index in [9.17, 15) is 25.5 Å². The first kappa shape index (κ1) is 21.8. The molecule has 0 aliphatic carbocycles. The highest BCUT2D eigenvalue weighted by atomic mass is 16.8. The van der Waals surface area contributed by atoms with Crippen LogP contribution in [0.1, 0.15) is 66.7 Å². The number of hydrogen-bond donors (Lipinski definition) is 5. The fourth-order valence-corrected chi connectivity index (χ4v) is 3.24. The molecule has 0 bridgehead atoms. The Kier molecular flexibility index (Phi) is 6.48. The van der Waals surface area contributed by atoms with Gasteiger partial charge in [-0.15, -0.1) is 0 Å². The van der Waals surface area contributed by atoms with E-state index in [1.807, 2.05) is 0 Å². The van der Waals surface area contributed by atoms with Crippen LogP contribution in [0.4, 0.5) is 0 Å². The number of ether oxygens (including phenoxy) is 2. The molecule has 1 aliphatic heterocycles. The van der Waals surface area contributed by atoms with Crippen molar-refractivity contribution in [2.24, 2.45) is 0 Å². The first-order valence-electron chi connectivity index (χ1n) is 8.67. The van der Waals surface area contributed by atoms with Crippen molar-refractivity contribution in [2.75, 3.05) is 13.2 Å². The Morgan fingerprint density at radius 2 is 1.38 bits per heavy atom. The van der Waals surface area contributed by atoms with Crippen LogP contribution in [0.15, 0.2) is 0 Å². The molecule has 0 aromatic rings. The lowest BCUT2D eigenvalue weighted by Crippen LogP contribution is -2.85. The van der Waals surface area contributed by atoms with Gasteiger partial charge >= 0.3 is 0 Å². The van der Waals surface area contributed by atoms with Crippen molar-refractivity contribution in [1.29, 1.82) is 0 Å². The van der Waals surface area contributed by atoms with Gasteiger partial charge in [0.2, 0.25) is 5.79 Å². The molecule has 0 aromatic carbocycles. The maximum absolute atomic E-state index is 11.0. The van der Waals surface area contributed by atoms with Gasteiger partial charge in [-0.25, -0.2) is 0 Å². The van der Waals surface area contributed by atoms with E-state index in [1.165, 1.54) is 20.8 Å². The molecule has 5 atom stereocenters. The topological polar surface area (TPSA) is 120 Å². The van der Waals surface area contributed by atoms with Crippen molar-refractivity contribution in [3.63, 3.8) is 0 Å². The zero-order chi connectivity index (χ0) is 18.9. The van der Waals surface area contributed by atoms with Gasteiger partial charge in [-0.05, 0) is 34.1 Å². The Hall–Kier alpha value is -0.280. The van der Waals surface area contributed by atoms with Crippen LogP contribution < -0.4 is 0 Å². The molecule has 1 aliphatic rings. The summed E-state index contributed by atoms with van der Waals surface area (Å²) in [6.45, 7) is 6.34. The SMILES string of the molecule is CCCCCCCO[C@]1(C)C(O)(CO)O[C@](C)(O)C(C)(O)[C@@]1(C)O. The second-order valence-electron chi connectivity index (χ2n) is 7.47. The first-order chi connectivity index (χ1) is 10.8. The van der Waals surface area contributed by atoms with Gasteiger partial charge in [0.25, 0.3) is 0 Å². The third-order valence-corrected chi connectivity index (χ3v) is 5.75. The van der Waals surface area contributed by atoms with Gasteiger partial charge in [-0.2, -0.15) is 0 Å². The molecule has 7 nitrogen and oxygen atoms in total. The third kappa shape index (κ3) is 3.23. The Morgan fingerprint density at radius 1 is 0.833 bits per heavy atom. The molecule has 1 saturated heterocycles. The predicted octanol–water partition coefficient (Wildman–Crippen LogP) is 0.654. The average Bonchev–Trinajstić information content (AvgIpc) is 2.48. The van der Waals surface area contributed by atoms with E-state index >= 15 is 0 Å². The Bertz CT molecular complexity index is 421. The summed E-state index contributed by atoms with van der Waals surface area (Å²) in [4.78, 5) is 0. The molecule has 1 rings (SSSR count). The molecule has 7 heteroatoms. The van der Waals surface area contributed by atoms with Crippen LogP contribution in [0.3, 0.4) is 0 Å². The van der Waals surface area contributed by atoms with E-state index in [0.717, 1.165) is 32.6 Å².